The molecule has 0 unspecified atom stereocenters. The number of carboxylic acids is 1. The molecular weight excluding hydrogens is 340 g/mol. The van der Waals surface area contributed by atoms with E-state index in [0.717, 1.165) is 20.5 Å². The molecule has 114 valence electrons. The van der Waals surface area contributed by atoms with Crippen LogP contribution >= 0.6 is 15.9 Å². The minimum atomic E-state index is -1.11. The van der Waals surface area contributed by atoms with Crippen molar-refractivity contribution >= 4 is 33.6 Å². The van der Waals surface area contributed by atoms with Gasteiger partial charge in [-0.2, -0.15) is 0 Å². The molecule has 0 aromatic heterocycles. The predicted molar refractivity (Wildman–Crippen MR) is 81.4 cm³/mol. The Bertz CT molecular complexity index is 567. The Hall–Kier alpha value is -1.60. The highest BCUT2D eigenvalue weighted by molar-refractivity contribution is 9.10. The number of likely N-dealkylation sites (tertiary alicyclic amines) is 1. The molecule has 0 bridgehead atoms. The molecule has 0 saturated carbocycles. The van der Waals surface area contributed by atoms with Gasteiger partial charge in [-0.1, -0.05) is 15.9 Å². The molecule has 1 aromatic carbocycles. The maximum absolute atomic E-state index is 12.3. The fourth-order valence-electron chi connectivity index (χ4n) is 2.56. The van der Waals surface area contributed by atoms with Crippen LogP contribution in [-0.2, 0) is 4.79 Å². The Morgan fingerprint density at radius 3 is 2.43 bits per heavy atom. The molecule has 3 N–H and O–H groups in total. The summed E-state index contributed by atoms with van der Waals surface area (Å²) in [5.74, 6) is -1.11. The minimum absolute atomic E-state index is 0.0252. The molecule has 0 radical (unpaired) electrons. The molecule has 1 aliphatic rings. The van der Waals surface area contributed by atoms with Crippen molar-refractivity contribution in [3.8, 4) is 0 Å². The SMILES string of the molecule is Cc1cc(Br)cc(C)c1NC(=O)N1C[C@H](O)C[C@H]1C(=O)O. The Morgan fingerprint density at radius 2 is 1.90 bits per heavy atom. The summed E-state index contributed by atoms with van der Waals surface area (Å²) in [6.45, 7) is 3.75. The van der Waals surface area contributed by atoms with Crippen molar-refractivity contribution in [2.24, 2.45) is 0 Å². The lowest BCUT2D eigenvalue weighted by molar-refractivity contribution is -0.141. The molecule has 21 heavy (non-hydrogen) atoms. The number of β-amino-alcohol motifs (C(OH)–C–C–N with tert-alkyl or cyclic N) is 1. The van der Waals surface area contributed by atoms with Crippen molar-refractivity contribution in [2.45, 2.75) is 32.4 Å². The molecule has 1 saturated heterocycles. The van der Waals surface area contributed by atoms with E-state index in [1.165, 1.54) is 0 Å². The number of halogens is 1. The van der Waals surface area contributed by atoms with Crippen molar-refractivity contribution < 1.29 is 19.8 Å². The summed E-state index contributed by atoms with van der Waals surface area (Å²) in [5.41, 5.74) is 2.41. The number of nitrogens with one attached hydrogen (secondary N) is 1. The summed E-state index contributed by atoms with van der Waals surface area (Å²) >= 11 is 3.38. The van der Waals surface area contributed by atoms with Crippen molar-refractivity contribution in [2.75, 3.05) is 11.9 Å². The summed E-state index contributed by atoms with van der Waals surface area (Å²) in [7, 11) is 0. The first-order valence-electron chi connectivity index (χ1n) is 6.55. The molecule has 1 aliphatic heterocycles. The molecule has 6 nitrogen and oxygen atoms in total. The summed E-state index contributed by atoms with van der Waals surface area (Å²) in [6.07, 6.45) is -0.745. The molecule has 1 heterocycles. The summed E-state index contributed by atoms with van der Waals surface area (Å²) in [5, 5.41) is 21.5. The summed E-state index contributed by atoms with van der Waals surface area (Å²) in [6, 6.07) is 2.25. The number of benzene rings is 1. The molecule has 2 amide bonds. The third-order valence-corrected chi connectivity index (χ3v) is 4.01. The number of urea groups is 1. The van der Waals surface area contributed by atoms with E-state index in [1.807, 2.05) is 26.0 Å². The molecule has 1 aromatic rings. The first kappa shape index (κ1) is 15.8. The fraction of sp³-hybridized carbons (Fsp3) is 0.429. The molecule has 2 atom stereocenters. The first-order chi connectivity index (χ1) is 9.79. The monoisotopic (exact) mass is 356 g/mol. The van der Waals surface area contributed by atoms with Crippen LogP contribution in [0, 0.1) is 13.8 Å². The number of nitrogens with zero attached hydrogens (tertiary/aromatic N) is 1. The number of hydrogen-bond donors (Lipinski definition) is 3. The number of anilines is 1. The van der Waals surface area contributed by atoms with Gasteiger partial charge >= 0.3 is 12.0 Å². The average Bonchev–Trinajstić information content (AvgIpc) is 2.76. The van der Waals surface area contributed by atoms with E-state index in [1.54, 1.807) is 0 Å². The van der Waals surface area contributed by atoms with E-state index < -0.39 is 24.1 Å². The van der Waals surface area contributed by atoms with Crippen LogP contribution in [0.3, 0.4) is 0 Å². The van der Waals surface area contributed by atoms with Gasteiger partial charge in [0.1, 0.15) is 6.04 Å². The Balaban J connectivity index is 2.20. The highest BCUT2D eigenvalue weighted by Gasteiger charge is 2.39. The van der Waals surface area contributed by atoms with E-state index in [0.29, 0.717) is 5.69 Å². The summed E-state index contributed by atoms with van der Waals surface area (Å²) < 4.78 is 0.913. The van der Waals surface area contributed by atoms with Crippen molar-refractivity contribution in [1.82, 2.24) is 4.90 Å². The lowest BCUT2D eigenvalue weighted by atomic mass is 10.1. The van der Waals surface area contributed by atoms with E-state index in [-0.39, 0.29) is 13.0 Å². The fourth-order valence-corrected chi connectivity index (χ4v) is 3.25. The van der Waals surface area contributed by atoms with Crippen molar-refractivity contribution in [3.63, 3.8) is 0 Å². The zero-order valence-electron chi connectivity index (χ0n) is 11.8. The van der Waals surface area contributed by atoms with Crippen LogP contribution in [0.15, 0.2) is 16.6 Å². The van der Waals surface area contributed by atoms with E-state index in [4.69, 9.17) is 5.11 Å². The van der Waals surface area contributed by atoms with E-state index in [9.17, 15) is 14.7 Å². The van der Waals surface area contributed by atoms with Crippen molar-refractivity contribution in [3.05, 3.63) is 27.7 Å². The Morgan fingerprint density at radius 1 is 1.33 bits per heavy atom. The van der Waals surface area contributed by atoms with Crippen LogP contribution in [0.25, 0.3) is 0 Å². The minimum Gasteiger partial charge on any atom is -0.480 e. The number of carbonyl (C=O) groups excluding carboxylic acids is 1. The van der Waals surface area contributed by atoms with Gasteiger partial charge in [-0.15, -0.1) is 0 Å². The largest absolute Gasteiger partial charge is 0.480 e. The number of hydrogen-bond acceptors (Lipinski definition) is 3. The zero-order valence-corrected chi connectivity index (χ0v) is 13.3. The second-order valence-corrected chi connectivity index (χ2v) is 6.16. The molecule has 2 rings (SSSR count). The molecular formula is C14H17BrN2O4. The standard InChI is InChI=1S/C14H17BrN2O4/c1-7-3-9(15)4-8(2)12(7)16-14(21)17-6-10(18)5-11(17)13(19)20/h3-4,10-11,18H,5-6H2,1-2H3,(H,16,21)(H,19,20)/t10-,11+/m1/s1. The van der Waals surface area contributed by atoms with Gasteiger partial charge in [0, 0.05) is 23.1 Å². The van der Waals surface area contributed by atoms with Crippen LogP contribution in [0.2, 0.25) is 0 Å². The van der Waals surface area contributed by atoms with Gasteiger partial charge in [-0.25, -0.2) is 9.59 Å². The Kier molecular flexibility index (Phi) is 4.53. The number of aliphatic hydroxyl groups is 1. The third-order valence-electron chi connectivity index (χ3n) is 3.55. The highest BCUT2D eigenvalue weighted by atomic mass is 79.9. The smallest absolute Gasteiger partial charge is 0.326 e. The normalized spacial score (nSPS) is 21.4. The molecule has 7 heteroatoms. The van der Waals surface area contributed by atoms with Gasteiger partial charge in [0.05, 0.1) is 6.10 Å². The lowest BCUT2D eigenvalue weighted by Crippen LogP contribution is -2.43. The Labute approximate surface area is 130 Å². The number of amides is 2. The van der Waals surface area contributed by atoms with E-state index in [2.05, 4.69) is 21.2 Å². The maximum atomic E-state index is 12.3. The highest BCUT2D eigenvalue weighted by Crippen LogP contribution is 2.26. The van der Waals surface area contributed by atoms with Crippen LogP contribution in [0.1, 0.15) is 17.5 Å². The number of aliphatic hydroxyl groups excluding tert-OH is 1. The van der Waals surface area contributed by atoms with Crippen molar-refractivity contribution in [1.29, 1.82) is 0 Å². The van der Waals surface area contributed by atoms with E-state index >= 15 is 0 Å². The van der Waals surface area contributed by atoms with Gasteiger partial charge in [-0.05, 0) is 37.1 Å². The first-order valence-corrected chi connectivity index (χ1v) is 7.34. The predicted octanol–water partition coefficient (Wildman–Crippen LogP) is 2.12. The summed E-state index contributed by atoms with van der Waals surface area (Å²) in [4.78, 5) is 24.6. The second-order valence-electron chi connectivity index (χ2n) is 5.24. The molecule has 1 fully saturated rings. The van der Waals surface area contributed by atoms with Gasteiger partial charge in [-0.3, -0.25) is 0 Å². The average molecular weight is 357 g/mol. The number of aliphatic carboxylic acids is 1. The topological polar surface area (TPSA) is 89.9 Å². The van der Waals surface area contributed by atoms with Gasteiger partial charge < -0.3 is 20.4 Å². The van der Waals surface area contributed by atoms with Crippen LogP contribution in [0.5, 0.6) is 0 Å². The molecule has 0 aliphatic carbocycles. The zero-order chi connectivity index (χ0) is 15.7. The number of aryl methyl sites for hydroxylation is 2. The van der Waals surface area contributed by atoms with Crippen LogP contribution < -0.4 is 5.32 Å². The van der Waals surface area contributed by atoms with Crippen LogP contribution in [-0.4, -0.2) is 45.8 Å². The third kappa shape index (κ3) is 3.36. The quantitative estimate of drug-likeness (QED) is 0.756. The number of rotatable bonds is 2. The lowest BCUT2D eigenvalue weighted by Gasteiger charge is -2.23. The van der Waals surface area contributed by atoms with Gasteiger partial charge in [0.15, 0.2) is 0 Å². The van der Waals surface area contributed by atoms with Gasteiger partial charge in [0.25, 0.3) is 0 Å². The van der Waals surface area contributed by atoms with Gasteiger partial charge in [0.2, 0.25) is 0 Å². The number of carbonyl (C=O) groups is 2. The molecule has 0 spiro atoms. The second kappa shape index (κ2) is 6.03. The van der Waals surface area contributed by atoms with Crippen LogP contribution in [0.4, 0.5) is 10.5 Å². The number of carboxylic acid groups (broad SMARTS) is 1. The maximum Gasteiger partial charge on any atom is 0.326 e.